The molecule has 7 nitrogen and oxygen atoms in total. The summed E-state index contributed by atoms with van der Waals surface area (Å²) in [6.45, 7) is 1.71. The molecule has 0 aliphatic heterocycles. The van der Waals surface area contributed by atoms with Gasteiger partial charge in [0.2, 0.25) is 0 Å². The molecule has 0 spiro atoms. The van der Waals surface area contributed by atoms with Crippen molar-refractivity contribution in [3.05, 3.63) is 47.0 Å². The smallest absolute Gasteiger partial charge is 0.271 e. The maximum absolute atomic E-state index is 10.6. The van der Waals surface area contributed by atoms with Gasteiger partial charge < -0.3 is 5.11 Å². The minimum absolute atomic E-state index is 0.111. The highest BCUT2D eigenvalue weighted by molar-refractivity contribution is 5.85. The van der Waals surface area contributed by atoms with E-state index in [1.54, 1.807) is 30.2 Å². The number of hydrogen-bond acceptors (Lipinski definition) is 5. The molecule has 1 aromatic carbocycles. The van der Waals surface area contributed by atoms with Gasteiger partial charge in [-0.3, -0.25) is 14.7 Å². The average Bonchev–Trinajstić information content (AvgIpc) is 2.85. The van der Waals surface area contributed by atoms with Crippen LogP contribution in [0.25, 0.3) is 0 Å². The number of nitrogens with zero attached hydrogens (tertiary/aromatic N) is 4. The minimum Gasteiger partial charge on any atom is -0.506 e. The predicted octanol–water partition coefficient (Wildman–Crippen LogP) is 2.10. The van der Waals surface area contributed by atoms with Gasteiger partial charge in [-0.1, -0.05) is 0 Å². The molecule has 18 heavy (non-hydrogen) atoms. The second-order valence-corrected chi connectivity index (χ2v) is 3.56. The predicted molar refractivity (Wildman–Crippen MR) is 65.2 cm³/mol. The summed E-state index contributed by atoms with van der Waals surface area (Å²) in [6, 6.07) is 3.69. The van der Waals surface area contributed by atoms with Gasteiger partial charge >= 0.3 is 0 Å². The molecule has 0 aliphatic rings. The maximum atomic E-state index is 10.6. The van der Waals surface area contributed by atoms with Crippen molar-refractivity contribution in [2.24, 2.45) is 4.99 Å². The van der Waals surface area contributed by atoms with Crippen LogP contribution in [0.15, 0.2) is 41.9 Å². The second-order valence-electron chi connectivity index (χ2n) is 3.56. The molecule has 0 fully saturated rings. The summed E-state index contributed by atoms with van der Waals surface area (Å²) in [6.07, 6.45) is 4.83. The van der Waals surface area contributed by atoms with Gasteiger partial charge in [-0.25, -0.2) is 9.98 Å². The summed E-state index contributed by atoms with van der Waals surface area (Å²) >= 11 is 0. The molecule has 0 atom stereocenters. The Bertz CT molecular complexity index is 605. The lowest BCUT2D eigenvalue weighted by Gasteiger charge is -2.03. The van der Waals surface area contributed by atoms with Crippen LogP contribution in [0.1, 0.15) is 6.92 Å². The van der Waals surface area contributed by atoms with Crippen molar-refractivity contribution in [3.63, 3.8) is 0 Å². The first-order chi connectivity index (χ1) is 8.58. The van der Waals surface area contributed by atoms with Crippen LogP contribution in [0.5, 0.6) is 5.75 Å². The zero-order valence-electron chi connectivity index (χ0n) is 9.52. The number of nitro benzene ring substituents is 1. The highest BCUT2D eigenvalue weighted by Gasteiger charge is 2.10. The summed E-state index contributed by atoms with van der Waals surface area (Å²) in [5, 5.41) is 20.2. The van der Waals surface area contributed by atoms with Crippen LogP contribution in [0.3, 0.4) is 0 Å². The molecule has 0 amide bonds. The van der Waals surface area contributed by atoms with E-state index < -0.39 is 4.92 Å². The standard InChI is InChI=1S/C11H10N4O3/c1-8(14-5-4-12-7-14)13-10-6-9(15(17)18)2-3-11(10)16/h2-7,16H,1H3/b13-8+. The third-order valence-corrected chi connectivity index (χ3v) is 2.33. The monoisotopic (exact) mass is 246 g/mol. The fourth-order valence-corrected chi connectivity index (χ4v) is 1.40. The minimum atomic E-state index is -0.537. The molecule has 0 saturated carbocycles. The molecule has 0 saturated heterocycles. The van der Waals surface area contributed by atoms with Crippen LogP contribution in [-0.2, 0) is 0 Å². The van der Waals surface area contributed by atoms with E-state index in [-0.39, 0.29) is 17.1 Å². The lowest BCUT2D eigenvalue weighted by atomic mass is 10.2. The summed E-state index contributed by atoms with van der Waals surface area (Å²) in [5.41, 5.74) is 0.0281. The molecule has 2 aromatic rings. The average molecular weight is 246 g/mol. The molecule has 0 radical (unpaired) electrons. The van der Waals surface area contributed by atoms with E-state index in [9.17, 15) is 15.2 Å². The largest absolute Gasteiger partial charge is 0.506 e. The fourth-order valence-electron chi connectivity index (χ4n) is 1.40. The molecule has 1 heterocycles. The molecule has 0 unspecified atom stereocenters. The molecular formula is C11H10N4O3. The second kappa shape index (κ2) is 4.66. The van der Waals surface area contributed by atoms with E-state index in [0.717, 1.165) is 0 Å². The Morgan fingerprint density at radius 1 is 1.56 bits per heavy atom. The van der Waals surface area contributed by atoms with E-state index in [1.165, 1.54) is 18.2 Å². The van der Waals surface area contributed by atoms with Gasteiger partial charge in [-0.05, 0) is 13.0 Å². The zero-order valence-corrected chi connectivity index (χ0v) is 9.52. The molecule has 1 N–H and O–H groups in total. The SMILES string of the molecule is C/C(=N\c1cc([N+](=O)[O-])ccc1O)n1ccnc1. The number of benzene rings is 1. The van der Waals surface area contributed by atoms with Crippen LogP contribution in [0.4, 0.5) is 11.4 Å². The Labute approximate surface area is 102 Å². The quantitative estimate of drug-likeness (QED) is 0.380. The Morgan fingerprint density at radius 3 is 2.94 bits per heavy atom. The third-order valence-electron chi connectivity index (χ3n) is 2.33. The number of phenols is 1. The first-order valence-corrected chi connectivity index (χ1v) is 5.09. The van der Waals surface area contributed by atoms with Crippen LogP contribution < -0.4 is 0 Å². The first-order valence-electron chi connectivity index (χ1n) is 5.09. The van der Waals surface area contributed by atoms with E-state index in [2.05, 4.69) is 9.98 Å². The van der Waals surface area contributed by atoms with Gasteiger partial charge in [0.25, 0.3) is 5.69 Å². The number of hydrogen-bond donors (Lipinski definition) is 1. The van der Waals surface area contributed by atoms with Gasteiger partial charge in [0, 0.05) is 24.5 Å². The summed E-state index contributed by atoms with van der Waals surface area (Å²) in [5.74, 6) is 0.434. The van der Waals surface area contributed by atoms with Crippen molar-refractivity contribution in [2.45, 2.75) is 6.92 Å². The molecule has 92 valence electrons. The summed E-state index contributed by atoms with van der Waals surface area (Å²) in [4.78, 5) is 18.1. The van der Waals surface area contributed by atoms with Gasteiger partial charge in [0.05, 0.1) is 4.92 Å². The Kier molecular flexibility index (Phi) is 3.05. The number of non-ortho nitro benzene ring substituents is 1. The topological polar surface area (TPSA) is 93.5 Å². The summed E-state index contributed by atoms with van der Waals surface area (Å²) in [7, 11) is 0. The van der Waals surface area contributed by atoms with Crippen LogP contribution in [-0.4, -0.2) is 25.4 Å². The van der Waals surface area contributed by atoms with E-state index in [4.69, 9.17) is 0 Å². The maximum Gasteiger partial charge on any atom is 0.271 e. The molecule has 2 rings (SSSR count). The normalized spacial score (nSPS) is 11.5. The van der Waals surface area contributed by atoms with Gasteiger partial charge in [-0.2, -0.15) is 0 Å². The highest BCUT2D eigenvalue weighted by atomic mass is 16.6. The van der Waals surface area contributed by atoms with E-state index in [0.29, 0.717) is 5.84 Å². The van der Waals surface area contributed by atoms with Crippen molar-refractivity contribution in [2.75, 3.05) is 0 Å². The highest BCUT2D eigenvalue weighted by Crippen LogP contribution is 2.30. The van der Waals surface area contributed by atoms with Crippen LogP contribution >= 0.6 is 0 Å². The van der Waals surface area contributed by atoms with Gasteiger partial charge in [0.15, 0.2) is 0 Å². The molecule has 0 aliphatic carbocycles. The van der Waals surface area contributed by atoms with Crippen molar-refractivity contribution >= 4 is 17.2 Å². The molecule has 1 aromatic heterocycles. The molecule has 7 heteroatoms. The molecular weight excluding hydrogens is 236 g/mol. The van der Waals surface area contributed by atoms with E-state index in [1.807, 2.05) is 0 Å². The lowest BCUT2D eigenvalue weighted by Crippen LogP contribution is -2.03. The molecule has 0 bridgehead atoms. The fraction of sp³-hybridized carbons (Fsp3) is 0.0909. The van der Waals surface area contributed by atoms with Crippen molar-refractivity contribution in [1.29, 1.82) is 0 Å². The Morgan fingerprint density at radius 2 is 2.33 bits per heavy atom. The Balaban J connectivity index is 2.42. The number of imidazole rings is 1. The number of aromatic nitrogens is 2. The van der Waals surface area contributed by atoms with Crippen LogP contribution in [0, 0.1) is 10.1 Å². The van der Waals surface area contributed by atoms with Crippen molar-refractivity contribution < 1.29 is 10.0 Å². The van der Waals surface area contributed by atoms with Crippen LogP contribution in [0.2, 0.25) is 0 Å². The number of aromatic hydroxyl groups is 1. The number of rotatable bonds is 2. The number of nitro groups is 1. The zero-order chi connectivity index (χ0) is 13.1. The Hall–Kier alpha value is -2.70. The van der Waals surface area contributed by atoms with E-state index >= 15 is 0 Å². The number of phenolic OH excluding ortho intramolecular Hbond substituents is 1. The van der Waals surface area contributed by atoms with Gasteiger partial charge in [0.1, 0.15) is 23.6 Å². The lowest BCUT2D eigenvalue weighted by molar-refractivity contribution is -0.384. The third kappa shape index (κ3) is 2.34. The number of aliphatic imine (C=N–C) groups is 1. The van der Waals surface area contributed by atoms with Gasteiger partial charge in [-0.15, -0.1) is 0 Å². The van der Waals surface area contributed by atoms with Crippen molar-refractivity contribution in [1.82, 2.24) is 9.55 Å². The summed E-state index contributed by atoms with van der Waals surface area (Å²) < 4.78 is 1.64. The van der Waals surface area contributed by atoms with Crippen molar-refractivity contribution in [3.8, 4) is 5.75 Å². The first kappa shape index (κ1) is 11.8.